The molecule has 0 bridgehead atoms. The largest absolute Gasteiger partial charge is 0.393 e. The van der Waals surface area contributed by atoms with Gasteiger partial charge in [0.05, 0.1) is 18.1 Å². The molecule has 1 saturated carbocycles. The van der Waals surface area contributed by atoms with Gasteiger partial charge in [0.1, 0.15) is 0 Å². The molecule has 1 fully saturated rings. The van der Waals surface area contributed by atoms with Gasteiger partial charge in [-0.2, -0.15) is 0 Å². The highest BCUT2D eigenvalue weighted by molar-refractivity contribution is 6.30. The zero-order valence-electron chi connectivity index (χ0n) is 19.9. The maximum Gasteiger partial charge on any atom is 0.254 e. The summed E-state index contributed by atoms with van der Waals surface area (Å²) < 4.78 is 0. The first-order valence-corrected chi connectivity index (χ1v) is 12.8. The summed E-state index contributed by atoms with van der Waals surface area (Å²) in [5.74, 6) is -0.893. The molecule has 186 valence electrons. The lowest BCUT2D eigenvalue weighted by atomic mass is 9.77. The zero-order valence-corrected chi connectivity index (χ0v) is 20.7. The van der Waals surface area contributed by atoms with E-state index in [-0.39, 0.29) is 24.0 Å². The fourth-order valence-electron chi connectivity index (χ4n) is 5.49. The van der Waals surface area contributed by atoms with E-state index in [9.17, 15) is 14.7 Å². The zero-order chi connectivity index (χ0) is 25.1. The lowest BCUT2D eigenvalue weighted by molar-refractivity contribution is -0.125. The number of nitrogens with zero attached hydrogens (tertiary/aromatic N) is 1. The number of carbonyl (C=O) groups is 2. The Morgan fingerprint density at radius 3 is 2.31 bits per heavy atom. The average Bonchev–Trinajstić information content (AvgIpc) is 2.90. The fourth-order valence-corrected chi connectivity index (χ4v) is 5.62. The first-order chi connectivity index (χ1) is 17.5. The summed E-state index contributed by atoms with van der Waals surface area (Å²) in [6.45, 7) is 0.482. The van der Waals surface area contributed by atoms with Gasteiger partial charge in [-0.1, -0.05) is 72.3 Å². The molecule has 1 aliphatic carbocycles. The Morgan fingerprint density at radius 1 is 0.917 bits per heavy atom. The number of carbonyl (C=O) groups excluding carboxylic acids is 2. The number of fused-ring (bicyclic) bond motifs is 1. The van der Waals surface area contributed by atoms with Crippen LogP contribution in [-0.4, -0.2) is 34.0 Å². The van der Waals surface area contributed by atoms with E-state index in [2.05, 4.69) is 10.9 Å². The number of halogens is 1. The lowest BCUT2D eigenvalue weighted by Crippen LogP contribution is -2.53. The second kappa shape index (κ2) is 10.8. The summed E-state index contributed by atoms with van der Waals surface area (Å²) >= 11 is 6.19. The van der Waals surface area contributed by atoms with Crippen molar-refractivity contribution >= 4 is 23.4 Å². The molecule has 36 heavy (non-hydrogen) atoms. The number of rotatable bonds is 6. The van der Waals surface area contributed by atoms with Crippen LogP contribution in [0, 0.1) is 0 Å². The van der Waals surface area contributed by atoms with Crippen molar-refractivity contribution < 1.29 is 14.7 Å². The highest BCUT2D eigenvalue weighted by Crippen LogP contribution is 2.45. The molecule has 0 spiro atoms. The molecular formula is C29H30ClN3O3. The molecule has 1 heterocycles. The molecule has 3 aromatic carbocycles. The van der Waals surface area contributed by atoms with Crippen molar-refractivity contribution in [1.82, 2.24) is 15.8 Å². The normalized spacial score (nSPS) is 23.7. The minimum Gasteiger partial charge on any atom is -0.393 e. The van der Waals surface area contributed by atoms with Gasteiger partial charge in [0.15, 0.2) is 0 Å². The van der Waals surface area contributed by atoms with Crippen LogP contribution < -0.4 is 10.9 Å². The van der Waals surface area contributed by atoms with Gasteiger partial charge in [-0.05, 0) is 60.6 Å². The van der Waals surface area contributed by atoms with Gasteiger partial charge in [-0.25, -0.2) is 5.43 Å². The van der Waals surface area contributed by atoms with Gasteiger partial charge in [0, 0.05) is 23.2 Å². The summed E-state index contributed by atoms with van der Waals surface area (Å²) in [6, 6.07) is 24.1. The van der Waals surface area contributed by atoms with E-state index in [0.717, 1.165) is 11.1 Å². The summed E-state index contributed by atoms with van der Waals surface area (Å²) in [4.78, 5) is 29.6. The van der Waals surface area contributed by atoms with Gasteiger partial charge in [0.25, 0.3) is 5.91 Å². The fraction of sp³-hybridized carbons (Fsp3) is 0.310. The number of aliphatic hydroxyl groups excluding tert-OH is 1. The van der Waals surface area contributed by atoms with Crippen molar-refractivity contribution in [2.45, 2.75) is 56.3 Å². The molecule has 6 nitrogen and oxygen atoms in total. The Morgan fingerprint density at radius 2 is 1.58 bits per heavy atom. The third-order valence-electron chi connectivity index (χ3n) is 7.28. The molecule has 0 radical (unpaired) electrons. The van der Waals surface area contributed by atoms with Gasteiger partial charge >= 0.3 is 0 Å². The highest BCUT2D eigenvalue weighted by Gasteiger charge is 2.47. The van der Waals surface area contributed by atoms with E-state index in [0.29, 0.717) is 48.4 Å². The van der Waals surface area contributed by atoms with Crippen molar-refractivity contribution in [2.24, 2.45) is 0 Å². The summed E-state index contributed by atoms with van der Waals surface area (Å²) in [7, 11) is 0. The summed E-state index contributed by atoms with van der Waals surface area (Å²) in [5.41, 5.74) is 9.15. The van der Waals surface area contributed by atoms with Crippen molar-refractivity contribution in [1.29, 1.82) is 0 Å². The molecule has 0 saturated heterocycles. The number of amides is 2. The monoisotopic (exact) mass is 503 g/mol. The quantitative estimate of drug-likeness (QED) is 0.424. The molecule has 2 atom stereocenters. The Kier molecular flexibility index (Phi) is 7.37. The topological polar surface area (TPSA) is 81.7 Å². The number of nitrogens with one attached hydrogen (secondary N) is 2. The molecule has 0 aromatic heterocycles. The van der Waals surface area contributed by atoms with E-state index in [4.69, 9.17) is 11.6 Å². The molecule has 3 aromatic rings. The molecular weight excluding hydrogens is 474 g/mol. The number of hydrazine groups is 1. The van der Waals surface area contributed by atoms with Gasteiger partial charge < -0.3 is 10.0 Å². The van der Waals surface area contributed by atoms with E-state index in [1.165, 1.54) is 0 Å². The molecule has 3 N–H and O–H groups in total. The van der Waals surface area contributed by atoms with Gasteiger partial charge in [-0.15, -0.1) is 0 Å². The Balaban J connectivity index is 1.52. The predicted octanol–water partition coefficient (Wildman–Crippen LogP) is 4.75. The van der Waals surface area contributed by atoms with Crippen LogP contribution in [-0.2, 0) is 11.3 Å². The molecule has 1 aliphatic heterocycles. The Labute approximate surface area is 216 Å². The molecule has 0 unspecified atom stereocenters. The van der Waals surface area contributed by atoms with Crippen molar-refractivity contribution in [3.8, 4) is 0 Å². The maximum atomic E-state index is 13.9. The van der Waals surface area contributed by atoms with E-state index in [1.54, 1.807) is 18.2 Å². The minimum atomic E-state index is -0.616. The number of benzene rings is 3. The van der Waals surface area contributed by atoms with Crippen LogP contribution in [0.4, 0.5) is 0 Å². The third kappa shape index (κ3) is 5.03. The van der Waals surface area contributed by atoms with Crippen LogP contribution in [0.5, 0.6) is 0 Å². The van der Waals surface area contributed by atoms with Crippen LogP contribution >= 0.6 is 11.6 Å². The molecule has 7 heteroatoms. The van der Waals surface area contributed by atoms with E-state index < -0.39 is 12.0 Å². The van der Waals surface area contributed by atoms with Crippen LogP contribution in [0.1, 0.15) is 64.7 Å². The van der Waals surface area contributed by atoms with E-state index >= 15 is 0 Å². The standard InChI is InChI=1S/C29H30ClN3O3/c30-21-12-10-20(11-13-21)27-26(28(35)32-31-18-19-6-2-1-3-7-19)24-8-4-5-9-25(24)29(36)33(27)22-14-16-23(34)17-15-22/h1-13,22-23,26-27,31,34H,14-18H2,(H,32,35)/t22-,23-,26-,27+/m1/s1. The summed E-state index contributed by atoms with van der Waals surface area (Å²) in [6.07, 6.45) is 2.32. The number of hydrogen-bond donors (Lipinski definition) is 3. The number of hydrogen-bond acceptors (Lipinski definition) is 4. The van der Waals surface area contributed by atoms with Crippen LogP contribution in [0.3, 0.4) is 0 Å². The van der Waals surface area contributed by atoms with E-state index in [1.807, 2.05) is 65.6 Å². The van der Waals surface area contributed by atoms with Crippen molar-refractivity contribution in [3.63, 3.8) is 0 Å². The highest BCUT2D eigenvalue weighted by atomic mass is 35.5. The maximum absolute atomic E-state index is 13.9. The Hall–Kier alpha value is -3.19. The first-order valence-electron chi connectivity index (χ1n) is 12.4. The number of aliphatic hydroxyl groups is 1. The molecule has 5 rings (SSSR count). The summed E-state index contributed by atoms with van der Waals surface area (Å²) in [5, 5.41) is 10.7. The first kappa shape index (κ1) is 24.5. The van der Waals surface area contributed by atoms with Crippen LogP contribution in [0.2, 0.25) is 5.02 Å². The van der Waals surface area contributed by atoms with Gasteiger partial charge in [0.2, 0.25) is 5.91 Å². The predicted molar refractivity (Wildman–Crippen MR) is 139 cm³/mol. The Bertz CT molecular complexity index is 1210. The van der Waals surface area contributed by atoms with Gasteiger partial charge in [-0.3, -0.25) is 15.0 Å². The van der Waals surface area contributed by atoms with Crippen molar-refractivity contribution in [3.05, 3.63) is 106 Å². The third-order valence-corrected chi connectivity index (χ3v) is 7.53. The SMILES string of the molecule is O=C(NNCc1ccccc1)[C@@H]1c2ccccc2C(=O)N([C@H]2CC[C@H](O)CC2)[C@H]1c1ccc(Cl)cc1. The lowest BCUT2D eigenvalue weighted by Gasteiger charge is -2.47. The molecule has 2 amide bonds. The second-order valence-electron chi connectivity index (χ2n) is 9.56. The smallest absolute Gasteiger partial charge is 0.254 e. The molecule has 2 aliphatic rings. The van der Waals surface area contributed by atoms with Crippen LogP contribution in [0.25, 0.3) is 0 Å². The van der Waals surface area contributed by atoms with Crippen LogP contribution in [0.15, 0.2) is 78.9 Å². The van der Waals surface area contributed by atoms with Crippen molar-refractivity contribution in [2.75, 3.05) is 0 Å². The minimum absolute atomic E-state index is 0.0671. The average molecular weight is 504 g/mol. The second-order valence-corrected chi connectivity index (χ2v) is 10.0.